The van der Waals surface area contributed by atoms with E-state index in [0.717, 1.165) is 6.42 Å². The van der Waals surface area contributed by atoms with Crippen LogP contribution in [0.1, 0.15) is 40.1 Å². The maximum Gasteiger partial charge on any atom is 0.335 e. The molecule has 0 aliphatic heterocycles. The standard InChI is InChI=1S/C14H14O2S/c1-2-12(13-4-3-9-17-13)10-5-7-11(8-6-10)14(15)16/h3-9,12H,2H2,1H3,(H,15,16). The minimum atomic E-state index is -0.874. The van der Waals surface area contributed by atoms with Crippen LogP contribution in [0.3, 0.4) is 0 Å². The molecule has 0 aliphatic carbocycles. The largest absolute Gasteiger partial charge is 0.478 e. The zero-order valence-electron chi connectivity index (χ0n) is 9.59. The van der Waals surface area contributed by atoms with Crippen molar-refractivity contribution in [2.45, 2.75) is 19.3 Å². The van der Waals surface area contributed by atoms with Crippen molar-refractivity contribution < 1.29 is 9.90 Å². The number of hydrogen-bond donors (Lipinski definition) is 1. The van der Waals surface area contributed by atoms with Gasteiger partial charge in [0.2, 0.25) is 0 Å². The van der Waals surface area contributed by atoms with Gasteiger partial charge in [0.1, 0.15) is 0 Å². The number of benzene rings is 1. The highest BCUT2D eigenvalue weighted by molar-refractivity contribution is 7.10. The van der Waals surface area contributed by atoms with Crippen molar-refractivity contribution in [3.8, 4) is 0 Å². The van der Waals surface area contributed by atoms with E-state index in [1.54, 1.807) is 23.5 Å². The van der Waals surface area contributed by atoms with E-state index in [1.165, 1.54) is 10.4 Å². The Hall–Kier alpha value is -1.61. The molecule has 2 rings (SSSR count). The van der Waals surface area contributed by atoms with E-state index in [2.05, 4.69) is 18.4 Å². The monoisotopic (exact) mass is 246 g/mol. The van der Waals surface area contributed by atoms with E-state index in [9.17, 15) is 4.79 Å². The summed E-state index contributed by atoms with van der Waals surface area (Å²) in [4.78, 5) is 12.1. The molecule has 0 saturated carbocycles. The molecule has 1 aromatic heterocycles. The Bertz CT molecular complexity index is 485. The maximum atomic E-state index is 10.8. The minimum absolute atomic E-state index is 0.342. The van der Waals surface area contributed by atoms with Crippen molar-refractivity contribution in [1.82, 2.24) is 0 Å². The summed E-state index contributed by atoms with van der Waals surface area (Å²) in [5.41, 5.74) is 1.52. The molecule has 0 radical (unpaired) electrons. The Balaban J connectivity index is 2.29. The summed E-state index contributed by atoms with van der Waals surface area (Å²) in [6.07, 6.45) is 1.02. The van der Waals surface area contributed by atoms with Crippen molar-refractivity contribution in [2.75, 3.05) is 0 Å². The van der Waals surface area contributed by atoms with Gasteiger partial charge in [-0.1, -0.05) is 25.1 Å². The molecule has 1 atom stereocenters. The van der Waals surface area contributed by atoms with E-state index in [-0.39, 0.29) is 0 Å². The molecule has 0 fully saturated rings. The van der Waals surface area contributed by atoms with Crippen molar-refractivity contribution in [3.05, 3.63) is 57.8 Å². The number of thiophene rings is 1. The van der Waals surface area contributed by atoms with Gasteiger partial charge in [-0.25, -0.2) is 4.79 Å². The van der Waals surface area contributed by atoms with Crippen molar-refractivity contribution in [2.24, 2.45) is 0 Å². The number of hydrogen-bond acceptors (Lipinski definition) is 2. The zero-order valence-corrected chi connectivity index (χ0v) is 10.4. The Labute approximate surface area is 105 Å². The molecule has 0 bridgehead atoms. The van der Waals surface area contributed by atoms with Gasteiger partial charge in [-0.2, -0.15) is 0 Å². The first-order valence-electron chi connectivity index (χ1n) is 5.59. The minimum Gasteiger partial charge on any atom is -0.478 e. The molecule has 2 aromatic rings. The fraction of sp³-hybridized carbons (Fsp3) is 0.214. The number of carboxylic acid groups (broad SMARTS) is 1. The van der Waals surface area contributed by atoms with E-state index in [1.807, 2.05) is 18.2 Å². The molecule has 2 nitrogen and oxygen atoms in total. The van der Waals surface area contributed by atoms with Crippen LogP contribution in [0.4, 0.5) is 0 Å². The van der Waals surface area contributed by atoms with Gasteiger partial charge in [0.05, 0.1) is 5.56 Å². The first-order chi connectivity index (χ1) is 8.22. The highest BCUT2D eigenvalue weighted by Gasteiger charge is 2.13. The number of aromatic carboxylic acids is 1. The van der Waals surface area contributed by atoms with Crippen molar-refractivity contribution in [1.29, 1.82) is 0 Å². The van der Waals surface area contributed by atoms with Crippen LogP contribution in [0.15, 0.2) is 41.8 Å². The van der Waals surface area contributed by atoms with E-state index >= 15 is 0 Å². The summed E-state index contributed by atoms with van der Waals surface area (Å²) >= 11 is 1.74. The van der Waals surface area contributed by atoms with Crippen LogP contribution in [-0.2, 0) is 0 Å². The predicted octanol–water partition coefficient (Wildman–Crippen LogP) is 3.99. The molecule has 17 heavy (non-hydrogen) atoms. The second-order valence-corrected chi connectivity index (χ2v) is 4.88. The first kappa shape index (κ1) is 11.9. The van der Waals surface area contributed by atoms with Gasteiger partial charge in [0.25, 0.3) is 0 Å². The van der Waals surface area contributed by atoms with Crippen LogP contribution in [0.5, 0.6) is 0 Å². The van der Waals surface area contributed by atoms with Gasteiger partial charge >= 0.3 is 5.97 Å². The highest BCUT2D eigenvalue weighted by Crippen LogP contribution is 2.31. The van der Waals surface area contributed by atoms with Gasteiger partial charge in [-0.3, -0.25) is 0 Å². The average Bonchev–Trinajstić information content (AvgIpc) is 2.84. The fourth-order valence-electron chi connectivity index (χ4n) is 1.95. The molecule has 1 aromatic carbocycles. The highest BCUT2D eigenvalue weighted by atomic mass is 32.1. The smallest absolute Gasteiger partial charge is 0.335 e. The molecule has 1 unspecified atom stereocenters. The molecule has 0 saturated heterocycles. The summed E-state index contributed by atoms with van der Waals surface area (Å²) in [5, 5.41) is 10.9. The first-order valence-corrected chi connectivity index (χ1v) is 6.47. The van der Waals surface area contributed by atoms with Crippen LogP contribution in [-0.4, -0.2) is 11.1 Å². The lowest BCUT2D eigenvalue weighted by Gasteiger charge is -2.13. The second-order valence-electron chi connectivity index (χ2n) is 3.90. The normalized spacial score (nSPS) is 12.3. The summed E-state index contributed by atoms with van der Waals surface area (Å²) in [7, 11) is 0. The van der Waals surface area contributed by atoms with Crippen LogP contribution >= 0.6 is 11.3 Å². The third kappa shape index (κ3) is 2.56. The van der Waals surface area contributed by atoms with Gasteiger partial charge in [0, 0.05) is 10.8 Å². The quantitative estimate of drug-likeness (QED) is 0.885. The van der Waals surface area contributed by atoms with E-state index in [4.69, 9.17) is 5.11 Å². The van der Waals surface area contributed by atoms with Gasteiger partial charge in [-0.05, 0) is 35.6 Å². The van der Waals surface area contributed by atoms with Crippen LogP contribution in [0.2, 0.25) is 0 Å². The van der Waals surface area contributed by atoms with Gasteiger partial charge in [0.15, 0.2) is 0 Å². The van der Waals surface area contributed by atoms with E-state index < -0.39 is 5.97 Å². The van der Waals surface area contributed by atoms with Crippen LogP contribution in [0.25, 0.3) is 0 Å². The molecule has 1 N–H and O–H groups in total. The third-order valence-corrected chi connectivity index (χ3v) is 3.84. The topological polar surface area (TPSA) is 37.3 Å². The SMILES string of the molecule is CCC(c1ccc(C(=O)O)cc1)c1cccs1. The van der Waals surface area contributed by atoms with Gasteiger partial charge in [-0.15, -0.1) is 11.3 Å². The zero-order chi connectivity index (χ0) is 12.3. The van der Waals surface area contributed by atoms with Gasteiger partial charge < -0.3 is 5.11 Å². The lowest BCUT2D eigenvalue weighted by atomic mass is 9.94. The van der Waals surface area contributed by atoms with Crippen LogP contribution in [0, 0.1) is 0 Å². The maximum absolute atomic E-state index is 10.8. The number of carbonyl (C=O) groups is 1. The Morgan fingerprint density at radius 1 is 1.29 bits per heavy atom. The van der Waals surface area contributed by atoms with Crippen LogP contribution < -0.4 is 0 Å². The van der Waals surface area contributed by atoms with E-state index in [0.29, 0.717) is 11.5 Å². The Morgan fingerprint density at radius 2 is 2.00 bits per heavy atom. The molecule has 0 spiro atoms. The second kappa shape index (κ2) is 5.15. The van der Waals surface area contributed by atoms with Crippen molar-refractivity contribution in [3.63, 3.8) is 0 Å². The number of rotatable bonds is 4. The lowest BCUT2D eigenvalue weighted by Crippen LogP contribution is -2.00. The van der Waals surface area contributed by atoms with Crippen molar-refractivity contribution >= 4 is 17.3 Å². The Morgan fingerprint density at radius 3 is 2.47 bits per heavy atom. The average molecular weight is 246 g/mol. The molecule has 0 aliphatic rings. The summed E-state index contributed by atoms with van der Waals surface area (Å²) < 4.78 is 0. The third-order valence-electron chi connectivity index (χ3n) is 2.85. The number of carboxylic acids is 1. The molecule has 3 heteroatoms. The lowest BCUT2D eigenvalue weighted by molar-refractivity contribution is 0.0697. The summed E-state index contributed by atoms with van der Waals surface area (Å²) in [6.45, 7) is 2.15. The summed E-state index contributed by atoms with van der Waals surface area (Å²) in [6, 6.07) is 11.4. The molecule has 1 heterocycles. The molecular formula is C14H14O2S. The predicted molar refractivity (Wildman–Crippen MR) is 69.9 cm³/mol. The Kier molecular flexibility index (Phi) is 3.59. The fourth-order valence-corrected chi connectivity index (χ4v) is 2.89. The summed E-state index contributed by atoms with van der Waals surface area (Å²) in [5.74, 6) is -0.501. The molecule has 88 valence electrons. The molecule has 0 amide bonds. The molecular weight excluding hydrogens is 232 g/mol.